The monoisotopic (exact) mass is 403 g/mol. The van der Waals surface area contributed by atoms with E-state index in [0.29, 0.717) is 0 Å². The van der Waals surface area contributed by atoms with Crippen LogP contribution in [0.25, 0.3) is 0 Å². The number of benzene rings is 1. The Labute approximate surface area is 138 Å². The van der Waals surface area contributed by atoms with Gasteiger partial charge in [0.25, 0.3) is 0 Å². The van der Waals surface area contributed by atoms with E-state index in [-0.39, 0.29) is 12.1 Å². The van der Waals surface area contributed by atoms with Gasteiger partial charge in [0.1, 0.15) is 5.69 Å². The average Bonchev–Trinajstić information content (AvgIpc) is 2.37. The Morgan fingerprint density at radius 3 is 1.92 bits per heavy atom. The van der Waals surface area contributed by atoms with Crippen molar-refractivity contribution in [1.82, 2.24) is 0 Å². The van der Waals surface area contributed by atoms with Gasteiger partial charge in [0, 0.05) is 12.5 Å². The highest BCUT2D eigenvalue weighted by Gasteiger charge is 2.73. The molecule has 0 atom stereocenters. The highest BCUT2D eigenvalue weighted by Crippen LogP contribution is 2.55. The van der Waals surface area contributed by atoms with Gasteiger partial charge in [0.15, 0.2) is 5.75 Å². The van der Waals surface area contributed by atoms with Gasteiger partial charge in [-0.25, -0.2) is 4.39 Å². The van der Waals surface area contributed by atoms with Crippen molar-refractivity contribution in [2.24, 2.45) is 0 Å². The normalized spacial score (nSPS) is 13.1. The summed E-state index contributed by atoms with van der Waals surface area (Å²) in [4.78, 5) is 11.0. The maximum atomic E-state index is 14.0. The van der Waals surface area contributed by atoms with Gasteiger partial charge in [-0.15, -0.1) is 0 Å². The summed E-state index contributed by atoms with van der Waals surface area (Å²) in [5.41, 5.74) is -8.88. The minimum Gasteiger partial charge on any atom is -0.433 e. The van der Waals surface area contributed by atoms with E-state index in [0.717, 1.165) is 6.92 Å². The van der Waals surface area contributed by atoms with Crippen molar-refractivity contribution in [3.8, 4) is 5.75 Å². The Kier molecular flexibility index (Phi) is 5.77. The molecule has 1 N–H and O–H groups in total. The molecule has 0 fully saturated rings. The van der Waals surface area contributed by atoms with Crippen molar-refractivity contribution in [3.63, 3.8) is 0 Å². The molecule has 0 bridgehead atoms. The second-order valence-electron chi connectivity index (χ2n) is 4.54. The minimum atomic E-state index is -6.48. The summed E-state index contributed by atoms with van der Waals surface area (Å²) in [6, 6.07) is -0.351. The van der Waals surface area contributed by atoms with E-state index in [1.165, 1.54) is 0 Å². The van der Waals surface area contributed by atoms with Crippen molar-refractivity contribution in [1.29, 1.82) is 0 Å². The fourth-order valence-electron chi connectivity index (χ4n) is 1.75. The van der Waals surface area contributed by atoms with Gasteiger partial charge in [-0.1, -0.05) is 11.6 Å². The molecule has 0 unspecified atom stereocenters. The van der Waals surface area contributed by atoms with Crippen LogP contribution in [0.2, 0.25) is 5.02 Å². The third kappa shape index (κ3) is 4.22. The molecular weight excluding hydrogens is 397 g/mol. The van der Waals surface area contributed by atoms with E-state index in [4.69, 9.17) is 11.6 Å². The molecule has 0 aliphatic carbocycles. The zero-order chi connectivity index (χ0) is 19.8. The maximum Gasteiger partial charge on any atom is 0.435 e. The van der Waals surface area contributed by atoms with E-state index in [2.05, 4.69) is 4.74 Å². The van der Waals surface area contributed by atoms with Crippen LogP contribution in [0, 0.1) is 0 Å². The first-order valence-electron chi connectivity index (χ1n) is 6.00. The Bertz CT molecular complexity index is 643. The third-order valence-corrected chi connectivity index (χ3v) is 3.05. The first kappa shape index (κ1) is 21.2. The molecule has 1 amide bonds. The highest BCUT2D eigenvalue weighted by molar-refractivity contribution is 6.34. The van der Waals surface area contributed by atoms with Crippen LogP contribution in [0.3, 0.4) is 0 Å². The molecule has 0 aromatic heterocycles. The summed E-state index contributed by atoms with van der Waals surface area (Å²) in [6.07, 6.45) is -13.0. The van der Waals surface area contributed by atoms with Gasteiger partial charge < -0.3 is 10.1 Å². The first-order valence-corrected chi connectivity index (χ1v) is 6.37. The number of hydrogen-bond donors (Lipinski definition) is 1. The fraction of sp³-hybridized carbons (Fsp3) is 0.417. The topological polar surface area (TPSA) is 38.3 Å². The molecule has 0 heterocycles. The molecule has 0 saturated carbocycles. The van der Waals surface area contributed by atoms with Crippen molar-refractivity contribution in [2.75, 3.05) is 5.32 Å². The number of hydrogen-bond acceptors (Lipinski definition) is 2. The molecular formula is C12H7ClF9NO2. The molecule has 3 nitrogen and oxygen atoms in total. The zero-order valence-corrected chi connectivity index (χ0v) is 12.6. The van der Waals surface area contributed by atoms with Crippen LogP contribution in [0.15, 0.2) is 12.1 Å². The number of ether oxygens (including phenoxy) is 1. The lowest BCUT2D eigenvalue weighted by Crippen LogP contribution is -2.50. The van der Waals surface area contributed by atoms with Gasteiger partial charge in [0.05, 0.1) is 5.02 Å². The smallest absolute Gasteiger partial charge is 0.433 e. The molecule has 0 spiro atoms. The van der Waals surface area contributed by atoms with E-state index >= 15 is 0 Å². The first-order chi connectivity index (χ1) is 11.1. The van der Waals surface area contributed by atoms with Crippen molar-refractivity contribution in [2.45, 2.75) is 31.6 Å². The van der Waals surface area contributed by atoms with Crippen LogP contribution in [-0.4, -0.2) is 24.9 Å². The summed E-state index contributed by atoms with van der Waals surface area (Å²) in [7, 11) is 0. The lowest BCUT2D eigenvalue weighted by Gasteiger charge is -2.31. The van der Waals surface area contributed by atoms with Crippen LogP contribution in [0.1, 0.15) is 12.5 Å². The van der Waals surface area contributed by atoms with Crippen molar-refractivity contribution >= 4 is 23.2 Å². The lowest BCUT2D eigenvalue weighted by molar-refractivity contribution is -0.348. The Morgan fingerprint density at radius 2 is 1.56 bits per heavy atom. The molecule has 0 radical (unpaired) electrons. The molecule has 13 heteroatoms. The predicted octanol–water partition coefficient (Wildman–Crippen LogP) is 5.19. The zero-order valence-electron chi connectivity index (χ0n) is 11.8. The maximum absolute atomic E-state index is 14.0. The van der Waals surface area contributed by atoms with Crippen LogP contribution in [-0.2, 0) is 10.5 Å². The SMILES string of the molecule is CC(=O)Nc1c(Cl)cc(C(F)(C(F)(F)F)C(F)(F)F)cc1OC(F)F. The molecule has 1 aromatic carbocycles. The Balaban J connectivity index is 3.71. The van der Waals surface area contributed by atoms with Crippen LogP contribution >= 0.6 is 11.6 Å². The van der Waals surface area contributed by atoms with Crippen LogP contribution < -0.4 is 10.1 Å². The largest absolute Gasteiger partial charge is 0.435 e. The Morgan fingerprint density at radius 1 is 1.08 bits per heavy atom. The van der Waals surface area contributed by atoms with E-state index in [1.807, 2.05) is 0 Å². The van der Waals surface area contributed by atoms with Crippen molar-refractivity contribution in [3.05, 3.63) is 22.7 Å². The predicted molar refractivity (Wildman–Crippen MR) is 67.3 cm³/mol. The Hall–Kier alpha value is -1.85. The summed E-state index contributed by atoms with van der Waals surface area (Å²) in [6.45, 7) is -2.86. The molecule has 1 aromatic rings. The summed E-state index contributed by atoms with van der Waals surface area (Å²) in [5.74, 6) is -2.32. The quantitative estimate of drug-likeness (QED) is 0.703. The molecule has 0 saturated heterocycles. The van der Waals surface area contributed by atoms with Gasteiger partial charge in [-0.05, 0) is 12.1 Å². The number of amides is 1. The highest BCUT2D eigenvalue weighted by atomic mass is 35.5. The fourth-order valence-corrected chi connectivity index (χ4v) is 2.01. The minimum absolute atomic E-state index is 0.0911. The molecule has 0 aliphatic rings. The molecule has 142 valence electrons. The number of alkyl halides is 9. The number of nitrogens with one attached hydrogen (secondary N) is 1. The second kappa shape index (κ2) is 6.81. The molecule has 1 rings (SSSR count). The van der Waals surface area contributed by atoms with Gasteiger partial charge in [-0.2, -0.15) is 35.1 Å². The van der Waals surface area contributed by atoms with E-state index < -0.39 is 52.6 Å². The van der Waals surface area contributed by atoms with Crippen LogP contribution in [0.5, 0.6) is 5.75 Å². The standard InChI is InChI=1S/C12H7ClF9NO2/c1-4(24)23-8-6(13)2-5(3-7(8)25-9(14)15)10(16,11(17,18)19)12(20,21)22/h2-3,9H,1H3,(H,23,24). The number of carbonyl (C=O) groups excluding carboxylic acids is 1. The van der Waals surface area contributed by atoms with Gasteiger partial charge in [-0.3, -0.25) is 4.79 Å². The summed E-state index contributed by atoms with van der Waals surface area (Å²) in [5, 5.41) is 0.719. The van der Waals surface area contributed by atoms with Crippen LogP contribution in [0.4, 0.5) is 45.2 Å². The van der Waals surface area contributed by atoms with Crippen molar-refractivity contribution < 1.29 is 49.0 Å². The lowest BCUT2D eigenvalue weighted by atomic mass is 9.93. The second-order valence-corrected chi connectivity index (χ2v) is 4.95. The average molecular weight is 404 g/mol. The van der Waals surface area contributed by atoms with E-state index in [1.54, 1.807) is 5.32 Å². The number of anilines is 1. The van der Waals surface area contributed by atoms with Gasteiger partial charge in [0.2, 0.25) is 5.91 Å². The third-order valence-electron chi connectivity index (χ3n) is 2.75. The van der Waals surface area contributed by atoms with E-state index in [9.17, 15) is 44.3 Å². The van der Waals surface area contributed by atoms with Gasteiger partial charge >= 0.3 is 24.6 Å². The number of carbonyl (C=O) groups is 1. The number of rotatable bonds is 4. The molecule has 0 aliphatic heterocycles. The number of halogens is 10. The summed E-state index contributed by atoms with van der Waals surface area (Å²) < 4.78 is 119. The summed E-state index contributed by atoms with van der Waals surface area (Å²) >= 11 is 5.43. The molecule has 25 heavy (non-hydrogen) atoms.